The van der Waals surface area contributed by atoms with E-state index in [1.165, 1.54) is 12.8 Å². The van der Waals surface area contributed by atoms with E-state index in [4.69, 9.17) is 4.74 Å². The lowest BCUT2D eigenvalue weighted by Gasteiger charge is -2.38. The van der Waals surface area contributed by atoms with Crippen molar-refractivity contribution in [1.82, 2.24) is 19.8 Å². The van der Waals surface area contributed by atoms with E-state index in [1.54, 1.807) is 6.20 Å². The maximum Gasteiger partial charge on any atom is 0.251 e. The molecule has 6 nitrogen and oxygen atoms in total. The molecule has 158 valence electrons. The van der Waals surface area contributed by atoms with E-state index >= 15 is 0 Å². The molecule has 1 atom stereocenters. The number of nitrogens with one attached hydrogen (secondary N) is 1. The van der Waals surface area contributed by atoms with Gasteiger partial charge >= 0.3 is 0 Å². The normalized spacial score (nSPS) is 16.7. The van der Waals surface area contributed by atoms with E-state index in [0.29, 0.717) is 30.7 Å². The molecule has 0 spiro atoms. The largest absolute Gasteiger partial charge is 0.486 e. The number of amides is 1. The van der Waals surface area contributed by atoms with Crippen LogP contribution in [0.15, 0.2) is 36.7 Å². The number of piperidine rings is 1. The van der Waals surface area contributed by atoms with Crippen LogP contribution >= 0.6 is 0 Å². The minimum Gasteiger partial charge on any atom is -0.486 e. The van der Waals surface area contributed by atoms with Gasteiger partial charge in [-0.1, -0.05) is 20.8 Å². The smallest absolute Gasteiger partial charge is 0.251 e. The molecule has 1 aliphatic heterocycles. The van der Waals surface area contributed by atoms with Crippen molar-refractivity contribution in [3.8, 4) is 5.75 Å². The molecule has 1 fully saturated rings. The molecule has 1 N–H and O–H groups in total. The first-order chi connectivity index (χ1) is 13.9. The summed E-state index contributed by atoms with van der Waals surface area (Å²) >= 11 is 0. The Labute approximate surface area is 174 Å². The zero-order valence-electron chi connectivity index (χ0n) is 18.1. The quantitative estimate of drug-likeness (QED) is 0.740. The molecule has 1 saturated heterocycles. The number of imidazole rings is 1. The van der Waals surface area contributed by atoms with Crippen LogP contribution in [0, 0.1) is 11.8 Å². The minimum atomic E-state index is -0.0309. The second kappa shape index (κ2) is 9.92. The summed E-state index contributed by atoms with van der Waals surface area (Å²) in [7, 11) is 1.94. The summed E-state index contributed by atoms with van der Waals surface area (Å²) in [5.41, 5.74) is 0.657. The molecule has 1 unspecified atom stereocenters. The summed E-state index contributed by atoms with van der Waals surface area (Å²) in [6.45, 7) is 10.1. The average Bonchev–Trinajstić information content (AvgIpc) is 3.12. The van der Waals surface area contributed by atoms with Gasteiger partial charge in [0.2, 0.25) is 0 Å². The number of ether oxygens (including phenoxy) is 1. The Morgan fingerprint density at radius 1 is 1.24 bits per heavy atom. The summed E-state index contributed by atoms with van der Waals surface area (Å²) in [6, 6.07) is 7.69. The lowest BCUT2D eigenvalue weighted by molar-refractivity contribution is 0.0863. The second-order valence-corrected chi connectivity index (χ2v) is 8.51. The monoisotopic (exact) mass is 398 g/mol. The molecule has 0 bridgehead atoms. The number of rotatable bonds is 8. The van der Waals surface area contributed by atoms with Gasteiger partial charge in [0, 0.05) is 37.6 Å². The van der Waals surface area contributed by atoms with Crippen molar-refractivity contribution in [2.24, 2.45) is 18.9 Å². The van der Waals surface area contributed by atoms with Crippen LogP contribution in [0.1, 0.15) is 49.8 Å². The Balaban J connectivity index is 1.51. The Kier molecular flexibility index (Phi) is 7.31. The van der Waals surface area contributed by atoms with Crippen LogP contribution in [0.3, 0.4) is 0 Å². The number of nitrogens with zero attached hydrogens (tertiary/aromatic N) is 3. The molecule has 1 aromatic heterocycles. The number of aryl methyl sites for hydroxylation is 1. The van der Waals surface area contributed by atoms with E-state index in [1.807, 2.05) is 42.1 Å². The number of carbonyl (C=O) groups excluding carboxylic acids is 1. The molecule has 6 heteroatoms. The molecule has 0 saturated carbocycles. The molecule has 29 heavy (non-hydrogen) atoms. The molecular weight excluding hydrogens is 364 g/mol. The summed E-state index contributed by atoms with van der Waals surface area (Å²) in [5, 5.41) is 3.14. The van der Waals surface area contributed by atoms with Crippen LogP contribution in [-0.4, -0.2) is 46.0 Å². The highest BCUT2D eigenvalue weighted by molar-refractivity contribution is 5.94. The van der Waals surface area contributed by atoms with Crippen molar-refractivity contribution >= 4 is 5.91 Å². The van der Waals surface area contributed by atoms with Crippen LogP contribution in [0.25, 0.3) is 0 Å². The van der Waals surface area contributed by atoms with E-state index < -0.39 is 0 Å². The summed E-state index contributed by atoms with van der Waals surface area (Å²) in [6.07, 6.45) is 6.13. The number of carbonyl (C=O) groups is 1. The van der Waals surface area contributed by atoms with Gasteiger partial charge in [-0.15, -0.1) is 0 Å². The second-order valence-electron chi connectivity index (χ2n) is 8.51. The van der Waals surface area contributed by atoms with Gasteiger partial charge in [-0.25, -0.2) is 4.98 Å². The Hall–Kier alpha value is -2.34. The maximum atomic E-state index is 12.6. The van der Waals surface area contributed by atoms with Gasteiger partial charge in [0.25, 0.3) is 5.91 Å². The van der Waals surface area contributed by atoms with Crippen LogP contribution in [-0.2, 0) is 13.7 Å². The van der Waals surface area contributed by atoms with Crippen molar-refractivity contribution in [3.63, 3.8) is 0 Å². The summed E-state index contributed by atoms with van der Waals surface area (Å²) in [5.74, 6) is 2.87. The number of hydrogen-bond donors (Lipinski definition) is 1. The van der Waals surface area contributed by atoms with Gasteiger partial charge in [-0.3, -0.25) is 9.69 Å². The van der Waals surface area contributed by atoms with Gasteiger partial charge < -0.3 is 14.6 Å². The first-order valence-corrected chi connectivity index (χ1v) is 10.7. The molecule has 0 aliphatic carbocycles. The molecular formula is C23H34N4O2. The predicted molar refractivity (Wildman–Crippen MR) is 115 cm³/mol. The fourth-order valence-electron chi connectivity index (χ4n) is 3.83. The Bertz CT molecular complexity index is 776. The fourth-order valence-corrected chi connectivity index (χ4v) is 3.83. The highest BCUT2D eigenvalue weighted by Gasteiger charge is 2.26. The number of benzene rings is 1. The van der Waals surface area contributed by atoms with Crippen LogP contribution in [0.4, 0.5) is 0 Å². The molecule has 3 rings (SSSR count). The average molecular weight is 399 g/mol. The van der Waals surface area contributed by atoms with Gasteiger partial charge in [0.15, 0.2) is 0 Å². The van der Waals surface area contributed by atoms with Crippen LogP contribution < -0.4 is 10.1 Å². The zero-order valence-corrected chi connectivity index (χ0v) is 18.1. The molecule has 1 aromatic carbocycles. The standard InChI is InChI=1S/C23H34N4O2/c1-17(2)21(27-12-9-18(3)10-13-27)15-25-23(28)19-5-7-20(8-6-19)29-16-22-24-11-14-26(22)4/h5-8,11,14,17-18,21H,9-10,12-13,15-16H2,1-4H3,(H,25,28). The van der Waals surface area contributed by atoms with Crippen LogP contribution in [0.5, 0.6) is 5.75 Å². The molecule has 2 aromatic rings. The fraction of sp³-hybridized carbons (Fsp3) is 0.565. The van der Waals surface area contributed by atoms with Gasteiger partial charge in [-0.05, 0) is 62.0 Å². The molecule has 2 heterocycles. The highest BCUT2D eigenvalue weighted by atomic mass is 16.5. The lowest BCUT2D eigenvalue weighted by atomic mass is 9.94. The summed E-state index contributed by atoms with van der Waals surface area (Å²) in [4.78, 5) is 19.4. The van der Waals surface area contributed by atoms with E-state index in [2.05, 4.69) is 36.0 Å². The number of hydrogen-bond acceptors (Lipinski definition) is 4. The lowest BCUT2D eigenvalue weighted by Crippen LogP contribution is -2.49. The maximum absolute atomic E-state index is 12.6. The molecule has 1 amide bonds. The van der Waals surface area contributed by atoms with Crippen molar-refractivity contribution in [2.45, 2.75) is 46.3 Å². The topological polar surface area (TPSA) is 59.4 Å². The van der Waals surface area contributed by atoms with Gasteiger partial charge in [0.1, 0.15) is 18.2 Å². The third-order valence-electron chi connectivity index (χ3n) is 5.93. The third-order valence-corrected chi connectivity index (χ3v) is 5.93. The van der Waals surface area contributed by atoms with Crippen molar-refractivity contribution < 1.29 is 9.53 Å². The number of aromatic nitrogens is 2. The van der Waals surface area contributed by atoms with Gasteiger partial charge in [-0.2, -0.15) is 0 Å². The Morgan fingerprint density at radius 2 is 1.93 bits per heavy atom. The zero-order chi connectivity index (χ0) is 20.8. The highest BCUT2D eigenvalue weighted by Crippen LogP contribution is 2.21. The molecule has 1 aliphatic rings. The first-order valence-electron chi connectivity index (χ1n) is 10.7. The van der Waals surface area contributed by atoms with E-state index in [-0.39, 0.29) is 5.91 Å². The van der Waals surface area contributed by atoms with E-state index in [9.17, 15) is 4.79 Å². The third kappa shape index (κ3) is 5.82. The van der Waals surface area contributed by atoms with Crippen molar-refractivity contribution in [3.05, 3.63) is 48.0 Å². The summed E-state index contributed by atoms with van der Waals surface area (Å²) < 4.78 is 7.69. The number of likely N-dealkylation sites (tertiary alicyclic amines) is 1. The SMILES string of the molecule is CC1CCN(C(CNC(=O)c2ccc(OCc3nccn3C)cc2)C(C)C)CC1. The first kappa shape index (κ1) is 21.4. The molecule has 0 radical (unpaired) electrons. The van der Waals surface area contributed by atoms with Gasteiger partial charge in [0.05, 0.1) is 0 Å². The predicted octanol–water partition coefficient (Wildman–Crippen LogP) is 3.49. The van der Waals surface area contributed by atoms with Crippen molar-refractivity contribution in [2.75, 3.05) is 19.6 Å². The van der Waals surface area contributed by atoms with Crippen LogP contribution in [0.2, 0.25) is 0 Å². The minimum absolute atomic E-state index is 0.0309. The Morgan fingerprint density at radius 3 is 2.52 bits per heavy atom. The van der Waals surface area contributed by atoms with E-state index in [0.717, 1.165) is 30.6 Å². The van der Waals surface area contributed by atoms with Crippen molar-refractivity contribution in [1.29, 1.82) is 0 Å².